The van der Waals surface area contributed by atoms with Crippen LogP contribution in [0.25, 0.3) is 0 Å². The minimum absolute atomic E-state index is 0. The van der Waals surface area contributed by atoms with Gasteiger partial charge in [-0.25, -0.2) is 0 Å². The summed E-state index contributed by atoms with van der Waals surface area (Å²) in [5, 5.41) is 57.1. The first-order chi connectivity index (χ1) is 9.08. The number of rotatable bonds is 4. The van der Waals surface area contributed by atoms with Crippen LogP contribution in [0.2, 0.25) is 0 Å². The van der Waals surface area contributed by atoms with Crippen molar-refractivity contribution in [1.29, 1.82) is 0 Å². The normalized spacial score (nSPS) is 7.05. The minimum Gasteiger partial charge on any atom is -0.548 e. The third-order valence-electron chi connectivity index (χ3n) is 0.562. The molecule has 0 spiro atoms. The van der Waals surface area contributed by atoms with Gasteiger partial charge in [-0.1, -0.05) is 0 Å². The number of aliphatic hydroxyl groups excluding tert-OH is 3. The minimum atomic E-state index is -1.44. The summed E-state index contributed by atoms with van der Waals surface area (Å²) in [4.78, 5) is 36.3. The number of hydrogen-bond acceptors (Lipinski definition) is 11. The maximum atomic E-state index is 9.24. The van der Waals surface area contributed by atoms with Gasteiger partial charge in [-0.05, 0) is 0 Å². The van der Waals surface area contributed by atoms with Crippen LogP contribution in [0.15, 0.2) is 0 Å². The van der Waals surface area contributed by atoms with Gasteiger partial charge in [0, 0.05) is 0 Å². The summed E-state index contributed by atoms with van der Waals surface area (Å²) in [5.74, 6) is -5.29. The third kappa shape index (κ3) is 123. The van der Waals surface area contributed by atoms with E-state index in [1.807, 2.05) is 0 Å². The fourth-order valence-electron chi connectivity index (χ4n) is 0. The summed E-state index contributed by atoms with van der Waals surface area (Å²) >= 11 is 0. The fraction of sp³-hybridized carbons (Fsp3) is 0.500. The van der Waals surface area contributed by atoms with Crippen molar-refractivity contribution in [2.75, 3.05) is 26.4 Å². The molecule has 0 aliphatic heterocycles. The van der Waals surface area contributed by atoms with E-state index in [9.17, 15) is 4.79 Å². The van der Waals surface area contributed by atoms with Crippen LogP contribution in [-0.2, 0) is 19.2 Å². The smallest absolute Gasteiger partial charge is 0.548 e. The number of carboxylic acids is 4. The molecule has 0 bridgehead atoms. The summed E-state index contributed by atoms with van der Waals surface area (Å²) in [6, 6.07) is 0. The standard InChI is InChI=1S/C2H5NO2.3C2H4O3.Al/c4*3-1-2(4)5;/h1,3H2,(H,4,5);3*3H,1H2,(H,4,5);/q;;;;+3/p-3. The molecule has 0 aliphatic carbocycles. The number of aliphatic carboxylic acids is 4. The van der Waals surface area contributed by atoms with Crippen molar-refractivity contribution in [3.63, 3.8) is 0 Å². The van der Waals surface area contributed by atoms with Crippen molar-refractivity contribution in [3.8, 4) is 0 Å². The first kappa shape index (κ1) is 31.6. The quantitative estimate of drug-likeness (QED) is 0.302. The molecule has 0 unspecified atom stereocenters. The zero-order valence-electron chi connectivity index (χ0n) is 10.6. The van der Waals surface area contributed by atoms with Crippen molar-refractivity contribution in [2.45, 2.75) is 0 Å². The molecule has 0 radical (unpaired) electrons. The van der Waals surface area contributed by atoms with Crippen molar-refractivity contribution >= 4 is 41.2 Å². The molecule has 0 rings (SSSR count). The van der Waals surface area contributed by atoms with Crippen LogP contribution in [-0.4, -0.2) is 88.0 Å². The Balaban J connectivity index is -0.0000000533. The predicted molar refractivity (Wildman–Crippen MR) is 58.7 cm³/mol. The topological polar surface area (TPSA) is 244 Å². The fourth-order valence-corrected chi connectivity index (χ4v) is 0. The summed E-state index contributed by atoms with van der Waals surface area (Å²) in [6.07, 6.45) is 0. The van der Waals surface area contributed by atoms with Crippen LogP contribution in [0.4, 0.5) is 0 Å². The van der Waals surface area contributed by atoms with Crippen molar-refractivity contribution < 1.29 is 54.9 Å². The molecule has 21 heavy (non-hydrogen) atoms. The van der Waals surface area contributed by atoms with Gasteiger partial charge < -0.3 is 55.9 Å². The number of carbonyl (C=O) groups excluding carboxylic acids is 3. The van der Waals surface area contributed by atoms with E-state index in [1.54, 1.807) is 0 Å². The molecular formula is C8H14AlNO11. The van der Waals surface area contributed by atoms with Crippen molar-refractivity contribution in [3.05, 3.63) is 0 Å². The Bertz CT molecular complexity index is 227. The number of carboxylic acid groups (broad SMARTS) is 4. The van der Waals surface area contributed by atoms with Gasteiger partial charge in [0.1, 0.15) is 0 Å². The molecule has 0 saturated carbocycles. The Labute approximate surface area is 129 Å². The Hall–Kier alpha value is -1.75. The van der Waals surface area contributed by atoms with Crippen molar-refractivity contribution in [1.82, 2.24) is 0 Å². The van der Waals surface area contributed by atoms with Crippen LogP contribution in [0.1, 0.15) is 0 Å². The monoisotopic (exact) mass is 327 g/mol. The van der Waals surface area contributed by atoms with E-state index in [2.05, 4.69) is 5.73 Å². The van der Waals surface area contributed by atoms with Gasteiger partial charge in [0.05, 0.1) is 44.3 Å². The molecular weight excluding hydrogens is 313 g/mol. The average Bonchev–Trinajstić information content (AvgIpc) is 2.40. The van der Waals surface area contributed by atoms with Gasteiger partial charge in [0.15, 0.2) is 0 Å². The van der Waals surface area contributed by atoms with E-state index in [-0.39, 0.29) is 23.9 Å². The molecule has 0 aliphatic rings. The van der Waals surface area contributed by atoms with E-state index in [1.165, 1.54) is 0 Å². The average molecular weight is 327 g/mol. The molecule has 120 valence electrons. The third-order valence-corrected chi connectivity index (χ3v) is 0.562. The number of nitrogens with two attached hydrogens (primary N) is 1. The van der Waals surface area contributed by atoms with Crippen molar-refractivity contribution in [2.24, 2.45) is 5.73 Å². The van der Waals surface area contributed by atoms with Crippen LogP contribution in [0.5, 0.6) is 0 Å². The Morgan fingerprint density at radius 1 is 0.762 bits per heavy atom. The predicted octanol–water partition coefficient (Wildman–Crippen LogP) is -8.17. The van der Waals surface area contributed by atoms with E-state index >= 15 is 0 Å². The molecule has 0 fully saturated rings. The first-order valence-electron chi connectivity index (χ1n) is 4.42. The Morgan fingerprint density at radius 2 is 0.857 bits per heavy atom. The van der Waals surface area contributed by atoms with E-state index in [4.69, 9.17) is 50.1 Å². The largest absolute Gasteiger partial charge is 3.00 e. The SMILES string of the molecule is NCC(=O)O.O=C([O-])CO.O=C([O-])CO.O=C([O-])CO.[Al+3]. The molecule has 6 N–H and O–H groups in total. The molecule has 0 atom stereocenters. The Morgan fingerprint density at radius 3 is 0.857 bits per heavy atom. The second kappa shape index (κ2) is 26.7. The summed E-state index contributed by atoms with van der Waals surface area (Å²) in [5.41, 5.74) is 4.57. The number of carbonyl (C=O) groups is 4. The zero-order chi connectivity index (χ0) is 17.1. The summed E-state index contributed by atoms with van der Waals surface area (Å²) in [7, 11) is 0. The number of hydrogen-bond donors (Lipinski definition) is 5. The molecule has 0 heterocycles. The van der Waals surface area contributed by atoms with Crippen LogP contribution in [0.3, 0.4) is 0 Å². The van der Waals surface area contributed by atoms with Crippen LogP contribution < -0.4 is 21.1 Å². The Kier molecular flexibility index (Phi) is 40.2. The molecule has 12 nitrogen and oxygen atoms in total. The van der Waals surface area contributed by atoms with Crippen LogP contribution in [0, 0.1) is 0 Å². The molecule has 0 amide bonds. The van der Waals surface area contributed by atoms with E-state index < -0.39 is 43.7 Å². The molecule has 0 aromatic rings. The molecule has 0 aromatic heterocycles. The molecule has 0 saturated heterocycles. The van der Waals surface area contributed by atoms with Gasteiger partial charge in [0.25, 0.3) is 0 Å². The van der Waals surface area contributed by atoms with E-state index in [0.717, 1.165) is 0 Å². The molecule has 0 aromatic carbocycles. The van der Waals surface area contributed by atoms with Gasteiger partial charge in [0.2, 0.25) is 0 Å². The van der Waals surface area contributed by atoms with Gasteiger partial charge in [-0.3, -0.25) is 4.79 Å². The van der Waals surface area contributed by atoms with Gasteiger partial charge in [-0.2, -0.15) is 0 Å². The van der Waals surface area contributed by atoms with Crippen LogP contribution >= 0.6 is 0 Å². The zero-order valence-corrected chi connectivity index (χ0v) is 11.8. The van der Waals surface area contributed by atoms with Gasteiger partial charge in [-0.15, -0.1) is 0 Å². The maximum absolute atomic E-state index is 9.24. The second-order valence-electron chi connectivity index (χ2n) is 2.19. The summed E-state index contributed by atoms with van der Waals surface area (Å²) < 4.78 is 0. The first-order valence-corrected chi connectivity index (χ1v) is 4.42. The maximum Gasteiger partial charge on any atom is 3.00 e. The summed E-state index contributed by atoms with van der Waals surface area (Å²) in [6.45, 7) is -2.94. The van der Waals surface area contributed by atoms with Gasteiger partial charge >= 0.3 is 23.3 Å². The second-order valence-corrected chi connectivity index (χ2v) is 2.19. The molecule has 13 heteroatoms. The number of aliphatic hydroxyl groups is 3. The van der Waals surface area contributed by atoms with E-state index in [0.29, 0.717) is 0 Å².